The Kier molecular flexibility index (Phi) is 4.46. The molecule has 2 atom stereocenters. The summed E-state index contributed by atoms with van der Waals surface area (Å²) in [5.74, 6) is 0.944. The highest BCUT2D eigenvalue weighted by atomic mass is 32.2. The second-order valence-corrected chi connectivity index (χ2v) is 6.45. The van der Waals surface area contributed by atoms with E-state index in [1.807, 2.05) is 37.1 Å². The number of hydrogen-bond donors (Lipinski definition) is 1. The van der Waals surface area contributed by atoms with Crippen LogP contribution in [0.2, 0.25) is 0 Å². The number of methoxy groups -OCH3 is 1. The van der Waals surface area contributed by atoms with E-state index in [-0.39, 0.29) is 0 Å². The summed E-state index contributed by atoms with van der Waals surface area (Å²) in [6.07, 6.45) is 4.10. The quantitative estimate of drug-likeness (QED) is 0.937. The van der Waals surface area contributed by atoms with E-state index in [4.69, 9.17) is 4.74 Å². The number of aryl methyl sites for hydroxylation is 1. The molecule has 0 spiro atoms. The molecule has 2 unspecified atom stereocenters. The van der Waals surface area contributed by atoms with Gasteiger partial charge in [0.2, 0.25) is 0 Å². The van der Waals surface area contributed by atoms with Gasteiger partial charge in [-0.25, -0.2) is 4.98 Å². The zero-order valence-electron chi connectivity index (χ0n) is 12.4. The maximum atomic E-state index is 5.34. The molecule has 0 fully saturated rings. The lowest BCUT2D eigenvalue weighted by Gasteiger charge is -2.33. The van der Waals surface area contributed by atoms with Crippen LogP contribution in [0.15, 0.2) is 47.6 Å². The van der Waals surface area contributed by atoms with Crippen molar-refractivity contribution in [1.82, 2.24) is 10.3 Å². The molecule has 3 nitrogen and oxygen atoms in total. The highest BCUT2D eigenvalue weighted by molar-refractivity contribution is 7.99. The van der Waals surface area contributed by atoms with Gasteiger partial charge in [0.15, 0.2) is 0 Å². The number of aromatic nitrogens is 1. The number of ether oxygens (including phenoxy) is 1. The van der Waals surface area contributed by atoms with Crippen LogP contribution < -0.4 is 10.1 Å². The third-order valence-corrected chi connectivity index (χ3v) is 5.27. The molecule has 21 heavy (non-hydrogen) atoms. The van der Waals surface area contributed by atoms with E-state index in [1.54, 1.807) is 7.11 Å². The van der Waals surface area contributed by atoms with Gasteiger partial charge in [-0.3, -0.25) is 0 Å². The van der Waals surface area contributed by atoms with E-state index >= 15 is 0 Å². The molecule has 0 bridgehead atoms. The monoisotopic (exact) mass is 300 g/mol. The number of fused-ring (bicyclic) bond motifs is 1. The Morgan fingerprint density at radius 3 is 2.90 bits per heavy atom. The first-order valence-electron chi connectivity index (χ1n) is 7.23. The number of benzene rings is 1. The molecule has 2 aromatic rings. The largest absolute Gasteiger partial charge is 0.497 e. The maximum Gasteiger partial charge on any atom is 0.119 e. The average Bonchev–Trinajstić information content (AvgIpc) is 2.55. The van der Waals surface area contributed by atoms with E-state index < -0.39 is 0 Å². The van der Waals surface area contributed by atoms with E-state index in [2.05, 4.69) is 34.6 Å². The number of nitrogens with zero attached hydrogens (tertiary/aromatic N) is 1. The fourth-order valence-electron chi connectivity index (χ4n) is 2.93. The smallest absolute Gasteiger partial charge is 0.119 e. The van der Waals surface area contributed by atoms with E-state index in [0.29, 0.717) is 11.3 Å². The van der Waals surface area contributed by atoms with Gasteiger partial charge in [-0.15, -0.1) is 11.8 Å². The summed E-state index contributed by atoms with van der Waals surface area (Å²) >= 11 is 1.87. The summed E-state index contributed by atoms with van der Waals surface area (Å²) in [6.45, 7) is 0. The number of pyridine rings is 1. The van der Waals surface area contributed by atoms with Crippen molar-refractivity contribution in [2.24, 2.45) is 0 Å². The standard InChI is InChI=1S/C17H20N2OS/c1-18-17-14-8-7-13(20-2)11-12(14)6-9-15(17)21-16-5-3-4-10-19-16/h3-5,7-8,10-11,15,17-18H,6,9H2,1-2H3. The van der Waals surface area contributed by atoms with Crippen LogP contribution in [0.3, 0.4) is 0 Å². The Bertz CT molecular complexity index is 603. The molecule has 0 aliphatic heterocycles. The molecule has 0 radical (unpaired) electrons. The van der Waals surface area contributed by atoms with Crippen LogP contribution in [0.5, 0.6) is 5.75 Å². The predicted molar refractivity (Wildman–Crippen MR) is 87.0 cm³/mol. The lowest BCUT2D eigenvalue weighted by Crippen LogP contribution is -2.32. The van der Waals surface area contributed by atoms with Crippen LogP contribution in [-0.4, -0.2) is 24.4 Å². The van der Waals surface area contributed by atoms with Crippen LogP contribution in [0.25, 0.3) is 0 Å². The third-order valence-electron chi connectivity index (χ3n) is 3.98. The summed E-state index contributed by atoms with van der Waals surface area (Å²) in [7, 11) is 3.76. The number of hydrogen-bond acceptors (Lipinski definition) is 4. The molecule has 1 aromatic carbocycles. The molecule has 110 valence electrons. The molecule has 1 aliphatic carbocycles. The van der Waals surface area contributed by atoms with Crippen LogP contribution in [-0.2, 0) is 6.42 Å². The van der Waals surface area contributed by atoms with Crippen LogP contribution in [0, 0.1) is 0 Å². The highest BCUT2D eigenvalue weighted by Gasteiger charge is 2.29. The minimum Gasteiger partial charge on any atom is -0.497 e. The SMILES string of the molecule is CNC1c2ccc(OC)cc2CCC1Sc1ccccn1. The Morgan fingerprint density at radius 1 is 1.29 bits per heavy atom. The first-order valence-corrected chi connectivity index (χ1v) is 8.11. The second kappa shape index (κ2) is 6.50. The van der Waals surface area contributed by atoms with Crippen molar-refractivity contribution < 1.29 is 4.74 Å². The lowest BCUT2D eigenvalue weighted by atomic mass is 9.87. The Morgan fingerprint density at radius 2 is 2.19 bits per heavy atom. The summed E-state index contributed by atoms with van der Waals surface area (Å²) in [5, 5.41) is 5.08. The van der Waals surface area contributed by atoms with Gasteiger partial charge in [0.1, 0.15) is 5.75 Å². The Hall–Kier alpha value is -1.52. The molecule has 1 N–H and O–H groups in total. The first-order chi connectivity index (χ1) is 10.3. The van der Waals surface area contributed by atoms with E-state index in [0.717, 1.165) is 23.6 Å². The van der Waals surface area contributed by atoms with Crippen molar-refractivity contribution in [1.29, 1.82) is 0 Å². The average molecular weight is 300 g/mol. The van der Waals surface area contributed by atoms with Crippen molar-refractivity contribution in [2.45, 2.75) is 29.2 Å². The molecule has 0 saturated heterocycles. The summed E-state index contributed by atoms with van der Waals surface area (Å²) in [5.41, 5.74) is 2.78. The van der Waals surface area contributed by atoms with Gasteiger partial charge in [-0.2, -0.15) is 0 Å². The van der Waals surface area contributed by atoms with Gasteiger partial charge in [0.05, 0.1) is 12.1 Å². The van der Waals surface area contributed by atoms with Crippen molar-refractivity contribution in [3.05, 3.63) is 53.7 Å². The Balaban J connectivity index is 1.84. The second-order valence-electron chi connectivity index (χ2n) is 5.19. The number of nitrogens with one attached hydrogen (secondary N) is 1. The van der Waals surface area contributed by atoms with Crippen LogP contribution in [0.4, 0.5) is 0 Å². The van der Waals surface area contributed by atoms with Gasteiger partial charge in [-0.05, 0) is 55.3 Å². The molecule has 3 rings (SSSR count). The molecule has 0 amide bonds. The zero-order chi connectivity index (χ0) is 14.7. The fraction of sp³-hybridized carbons (Fsp3) is 0.353. The fourth-order valence-corrected chi connectivity index (χ4v) is 4.18. The van der Waals surface area contributed by atoms with Gasteiger partial charge in [-0.1, -0.05) is 12.1 Å². The van der Waals surface area contributed by atoms with Gasteiger partial charge in [0.25, 0.3) is 0 Å². The minimum absolute atomic E-state index is 0.353. The van der Waals surface area contributed by atoms with Gasteiger partial charge >= 0.3 is 0 Å². The highest BCUT2D eigenvalue weighted by Crippen LogP contribution is 2.40. The topological polar surface area (TPSA) is 34.1 Å². The predicted octanol–water partition coefficient (Wildman–Crippen LogP) is 3.46. The summed E-state index contributed by atoms with van der Waals surface area (Å²) < 4.78 is 5.34. The maximum absolute atomic E-state index is 5.34. The van der Waals surface area contributed by atoms with E-state index in [9.17, 15) is 0 Å². The minimum atomic E-state index is 0.353. The van der Waals surface area contributed by atoms with Crippen LogP contribution in [0.1, 0.15) is 23.6 Å². The summed E-state index contributed by atoms with van der Waals surface area (Å²) in [6, 6.07) is 12.9. The zero-order valence-corrected chi connectivity index (χ0v) is 13.2. The van der Waals surface area contributed by atoms with Crippen molar-refractivity contribution >= 4 is 11.8 Å². The molecule has 4 heteroatoms. The molecule has 1 heterocycles. The molecule has 0 saturated carbocycles. The normalized spacial score (nSPS) is 20.9. The van der Waals surface area contributed by atoms with Crippen LogP contribution >= 0.6 is 11.8 Å². The lowest BCUT2D eigenvalue weighted by molar-refractivity contribution is 0.412. The third kappa shape index (κ3) is 3.06. The summed E-state index contributed by atoms with van der Waals surface area (Å²) in [4.78, 5) is 4.44. The molecule has 1 aromatic heterocycles. The van der Waals surface area contributed by atoms with E-state index in [1.165, 1.54) is 11.1 Å². The molecular formula is C17H20N2OS. The van der Waals surface area contributed by atoms with Gasteiger partial charge < -0.3 is 10.1 Å². The number of rotatable bonds is 4. The first kappa shape index (κ1) is 14.4. The van der Waals surface area contributed by atoms with Crippen molar-refractivity contribution in [3.8, 4) is 5.75 Å². The van der Waals surface area contributed by atoms with Crippen molar-refractivity contribution in [3.63, 3.8) is 0 Å². The molecule has 1 aliphatic rings. The van der Waals surface area contributed by atoms with Crippen molar-refractivity contribution in [2.75, 3.05) is 14.2 Å². The molecular weight excluding hydrogens is 280 g/mol. The van der Waals surface area contributed by atoms with Gasteiger partial charge in [0, 0.05) is 17.5 Å². The Labute approximate surface area is 130 Å². The number of thioether (sulfide) groups is 1.